The van der Waals surface area contributed by atoms with Crippen LogP contribution in [0.25, 0.3) is 0 Å². The molecule has 0 fully saturated rings. The molecule has 2 aromatic rings. The van der Waals surface area contributed by atoms with Gasteiger partial charge in [0.2, 0.25) is 5.16 Å². The molecule has 7 heteroatoms. The molecule has 1 aromatic carbocycles. The first-order valence-electron chi connectivity index (χ1n) is 6.33. The van der Waals surface area contributed by atoms with Gasteiger partial charge < -0.3 is 0 Å². The summed E-state index contributed by atoms with van der Waals surface area (Å²) in [6.07, 6.45) is 0. The molecule has 1 heterocycles. The average Bonchev–Trinajstić information content (AvgIpc) is 2.88. The molecule has 0 spiro atoms. The lowest BCUT2D eigenvalue weighted by Crippen LogP contribution is -2.24. The van der Waals surface area contributed by atoms with Crippen molar-refractivity contribution in [1.82, 2.24) is 20.2 Å². The van der Waals surface area contributed by atoms with Crippen LogP contribution >= 0.6 is 11.8 Å². The fraction of sp³-hybridized carbons (Fsp3) is 0.462. The molecule has 0 aliphatic rings. The predicted octanol–water partition coefficient (Wildman–Crippen LogP) is 2.33. The minimum atomic E-state index is -0.971. The van der Waals surface area contributed by atoms with E-state index in [-0.39, 0.29) is 5.54 Å². The molecule has 5 nitrogen and oxygen atoms in total. The minimum absolute atomic E-state index is 0.148. The van der Waals surface area contributed by atoms with E-state index < -0.39 is 10.8 Å². The Morgan fingerprint density at radius 1 is 1.25 bits per heavy atom. The zero-order valence-electron chi connectivity index (χ0n) is 11.8. The molecule has 1 atom stereocenters. The van der Waals surface area contributed by atoms with Crippen molar-refractivity contribution in [2.45, 2.75) is 36.4 Å². The van der Waals surface area contributed by atoms with Gasteiger partial charge in [-0.15, -0.1) is 5.10 Å². The smallest absolute Gasteiger partial charge is 0.209 e. The van der Waals surface area contributed by atoms with Crippen LogP contribution in [0.4, 0.5) is 0 Å². The number of rotatable bonds is 5. The molecule has 1 unspecified atom stereocenters. The molecule has 20 heavy (non-hydrogen) atoms. The quantitative estimate of drug-likeness (QED) is 0.793. The summed E-state index contributed by atoms with van der Waals surface area (Å²) in [7, 11) is -0.971. The number of nitrogens with zero attached hydrogens (tertiary/aromatic N) is 4. The third kappa shape index (κ3) is 3.89. The highest BCUT2D eigenvalue weighted by atomic mass is 32.2. The van der Waals surface area contributed by atoms with Gasteiger partial charge in [-0.05, 0) is 43.3 Å². The molecule has 0 N–H and O–H groups in total. The Labute approximate surface area is 125 Å². The highest BCUT2D eigenvalue weighted by Crippen LogP contribution is 2.21. The van der Waals surface area contributed by atoms with Crippen LogP contribution in [-0.2, 0) is 16.3 Å². The number of thioether (sulfide) groups is 1. The Morgan fingerprint density at radius 3 is 2.60 bits per heavy atom. The van der Waals surface area contributed by atoms with Crippen LogP contribution in [0.2, 0.25) is 0 Å². The summed E-state index contributed by atoms with van der Waals surface area (Å²) in [5.74, 6) is 1.31. The maximum absolute atomic E-state index is 12.1. The van der Waals surface area contributed by atoms with Crippen molar-refractivity contribution in [2.75, 3.05) is 11.5 Å². The van der Waals surface area contributed by atoms with Crippen molar-refractivity contribution < 1.29 is 4.21 Å². The number of tetrazole rings is 1. The predicted molar refractivity (Wildman–Crippen MR) is 81.3 cm³/mol. The van der Waals surface area contributed by atoms with Gasteiger partial charge in [-0.1, -0.05) is 30.0 Å². The van der Waals surface area contributed by atoms with Crippen molar-refractivity contribution in [3.63, 3.8) is 0 Å². The summed E-state index contributed by atoms with van der Waals surface area (Å²) in [5.41, 5.74) is -0.148. The van der Waals surface area contributed by atoms with E-state index in [0.29, 0.717) is 5.75 Å². The van der Waals surface area contributed by atoms with Crippen molar-refractivity contribution in [3.8, 4) is 0 Å². The molecule has 0 radical (unpaired) electrons. The van der Waals surface area contributed by atoms with Crippen molar-refractivity contribution >= 4 is 22.6 Å². The molecule has 0 amide bonds. The fourth-order valence-electron chi connectivity index (χ4n) is 1.59. The van der Waals surface area contributed by atoms with Crippen LogP contribution in [0.3, 0.4) is 0 Å². The van der Waals surface area contributed by atoms with Gasteiger partial charge in [-0.25, -0.2) is 4.68 Å². The summed E-state index contributed by atoms with van der Waals surface area (Å²) in [6.45, 7) is 6.15. The van der Waals surface area contributed by atoms with Crippen LogP contribution < -0.4 is 0 Å². The second-order valence-corrected chi connectivity index (χ2v) is 7.89. The second-order valence-electron chi connectivity index (χ2n) is 5.26. The molecule has 0 aliphatic carbocycles. The monoisotopic (exact) mass is 310 g/mol. The first-order valence-corrected chi connectivity index (χ1v) is 8.64. The summed E-state index contributed by atoms with van der Waals surface area (Å²) >= 11 is 1.54. The molecule has 2 rings (SSSR count). The summed E-state index contributed by atoms with van der Waals surface area (Å²) < 4.78 is 13.9. The lowest BCUT2D eigenvalue weighted by atomic mass is 10.1. The second kappa shape index (κ2) is 6.49. The van der Waals surface area contributed by atoms with Gasteiger partial charge in [0, 0.05) is 16.4 Å². The number of aromatic nitrogens is 4. The van der Waals surface area contributed by atoms with Crippen LogP contribution in [0.1, 0.15) is 20.8 Å². The average molecular weight is 310 g/mol. The lowest BCUT2D eigenvalue weighted by molar-refractivity contribution is 0.321. The minimum Gasteiger partial charge on any atom is -0.254 e. The highest BCUT2D eigenvalue weighted by molar-refractivity contribution is 8.00. The van der Waals surface area contributed by atoms with Crippen LogP contribution in [0.15, 0.2) is 40.4 Å². The molecular formula is C13H18N4OS2. The third-order valence-corrected chi connectivity index (χ3v) is 5.13. The lowest BCUT2D eigenvalue weighted by Gasteiger charge is -2.19. The summed E-state index contributed by atoms with van der Waals surface area (Å²) in [4.78, 5) is 0.864. The SMILES string of the molecule is CC(C)(C)n1nnnc1SCCS(=O)c1ccccc1. The van der Waals surface area contributed by atoms with Gasteiger partial charge >= 0.3 is 0 Å². The van der Waals surface area contributed by atoms with E-state index >= 15 is 0 Å². The summed E-state index contributed by atoms with van der Waals surface area (Å²) in [5, 5.41) is 12.5. The van der Waals surface area contributed by atoms with Crippen LogP contribution in [0, 0.1) is 0 Å². The Morgan fingerprint density at radius 2 is 1.95 bits per heavy atom. The molecule has 0 saturated heterocycles. The van der Waals surface area contributed by atoms with E-state index in [2.05, 4.69) is 36.3 Å². The zero-order chi connectivity index (χ0) is 14.6. The Bertz CT molecular complexity index is 578. The van der Waals surface area contributed by atoms with E-state index in [9.17, 15) is 4.21 Å². The molecular weight excluding hydrogens is 292 g/mol. The normalized spacial score (nSPS) is 13.3. The molecule has 0 bridgehead atoms. The van der Waals surface area contributed by atoms with Crippen molar-refractivity contribution in [1.29, 1.82) is 0 Å². The van der Waals surface area contributed by atoms with Gasteiger partial charge in [-0.3, -0.25) is 4.21 Å². The van der Waals surface area contributed by atoms with E-state index in [1.807, 2.05) is 30.3 Å². The van der Waals surface area contributed by atoms with Gasteiger partial charge in [0.25, 0.3) is 0 Å². The van der Waals surface area contributed by atoms with E-state index in [1.165, 1.54) is 11.8 Å². The zero-order valence-corrected chi connectivity index (χ0v) is 13.4. The van der Waals surface area contributed by atoms with Gasteiger partial charge in [0.15, 0.2) is 0 Å². The van der Waals surface area contributed by atoms with Crippen molar-refractivity contribution in [2.24, 2.45) is 0 Å². The molecule has 0 saturated carbocycles. The van der Waals surface area contributed by atoms with Crippen LogP contribution in [0.5, 0.6) is 0 Å². The highest BCUT2D eigenvalue weighted by Gasteiger charge is 2.19. The third-order valence-electron chi connectivity index (χ3n) is 2.58. The Balaban J connectivity index is 1.91. The fourth-order valence-corrected chi connectivity index (χ4v) is 3.93. The molecule has 108 valence electrons. The Hall–Kier alpha value is -1.21. The van der Waals surface area contributed by atoms with Crippen molar-refractivity contribution in [3.05, 3.63) is 30.3 Å². The molecule has 0 aliphatic heterocycles. The van der Waals surface area contributed by atoms with Gasteiger partial charge in [0.05, 0.1) is 16.3 Å². The van der Waals surface area contributed by atoms with Crippen LogP contribution in [-0.4, -0.2) is 35.9 Å². The molecule has 1 aromatic heterocycles. The first kappa shape index (κ1) is 15.2. The van der Waals surface area contributed by atoms with Gasteiger partial charge in [-0.2, -0.15) is 0 Å². The number of benzene rings is 1. The Kier molecular flexibility index (Phi) is 4.93. The standard InChI is InChI=1S/C13H18N4OS2/c1-13(2,3)17-12(14-15-16-17)19-9-10-20(18)11-7-5-4-6-8-11/h4-8H,9-10H2,1-3H3. The van der Waals surface area contributed by atoms with E-state index in [4.69, 9.17) is 0 Å². The topological polar surface area (TPSA) is 60.7 Å². The largest absolute Gasteiger partial charge is 0.254 e. The maximum Gasteiger partial charge on any atom is 0.209 e. The maximum atomic E-state index is 12.1. The number of hydrogen-bond acceptors (Lipinski definition) is 5. The van der Waals surface area contributed by atoms with E-state index in [1.54, 1.807) is 4.68 Å². The van der Waals surface area contributed by atoms with E-state index in [0.717, 1.165) is 15.8 Å². The number of hydrogen-bond donors (Lipinski definition) is 0. The first-order chi connectivity index (χ1) is 9.48. The summed E-state index contributed by atoms with van der Waals surface area (Å²) in [6, 6.07) is 9.51. The van der Waals surface area contributed by atoms with Gasteiger partial charge in [0.1, 0.15) is 0 Å².